The minimum Gasteiger partial charge on any atom is -0.493 e. The van der Waals surface area contributed by atoms with E-state index >= 15 is 0 Å². The molecule has 5 nitrogen and oxygen atoms in total. The molecule has 3 rings (SSSR count). The molecule has 0 saturated carbocycles. The predicted octanol–water partition coefficient (Wildman–Crippen LogP) is 4.60. The second kappa shape index (κ2) is 7.64. The topological polar surface area (TPSA) is 51.8 Å². The van der Waals surface area contributed by atoms with Crippen LogP contribution in [0.1, 0.15) is 37.4 Å². The summed E-state index contributed by atoms with van der Waals surface area (Å²) in [6.07, 6.45) is 0.816. The molecule has 1 aliphatic heterocycles. The summed E-state index contributed by atoms with van der Waals surface area (Å²) in [6, 6.07) is 12.0. The number of nitrogens with one attached hydrogen (secondary N) is 2. The Bertz CT molecular complexity index is 851. The van der Waals surface area contributed by atoms with Crippen molar-refractivity contribution >= 4 is 23.0 Å². The zero-order valence-corrected chi connectivity index (χ0v) is 17.2. The minimum absolute atomic E-state index is 0.0736. The molecule has 1 unspecified atom stereocenters. The molecule has 1 aliphatic rings. The molecule has 6 heteroatoms. The first-order valence-electron chi connectivity index (χ1n) is 8.90. The van der Waals surface area contributed by atoms with E-state index < -0.39 is 0 Å². The van der Waals surface area contributed by atoms with Crippen molar-refractivity contribution in [1.29, 1.82) is 0 Å². The zero-order chi connectivity index (χ0) is 19.6. The molecule has 0 spiro atoms. The Morgan fingerprint density at radius 1 is 1.11 bits per heavy atom. The van der Waals surface area contributed by atoms with Gasteiger partial charge in [0.1, 0.15) is 11.4 Å². The van der Waals surface area contributed by atoms with Crippen LogP contribution in [-0.4, -0.2) is 24.9 Å². The Hall–Kier alpha value is -2.47. The zero-order valence-electron chi connectivity index (χ0n) is 16.4. The average Bonchev–Trinajstić information content (AvgIpc) is 2.60. The Morgan fingerprint density at radius 2 is 1.85 bits per heavy atom. The number of hydrogen-bond donors (Lipinski definition) is 2. The molecule has 27 heavy (non-hydrogen) atoms. The van der Waals surface area contributed by atoms with Gasteiger partial charge in [0.15, 0.2) is 16.6 Å². The quantitative estimate of drug-likeness (QED) is 0.749. The summed E-state index contributed by atoms with van der Waals surface area (Å²) in [6.45, 7) is 6.26. The summed E-state index contributed by atoms with van der Waals surface area (Å²) >= 11 is 5.55. The third kappa shape index (κ3) is 4.45. The van der Waals surface area contributed by atoms with Crippen LogP contribution in [0.2, 0.25) is 0 Å². The highest BCUT2D eigenvalue weighted by atomic mass is 32.1. The van der Waals surface area contributed by atoms with E-state index in [1.165, 1.54) is 5.56 Å². The van der Waals surface area contributed by atoms with Crippen LogP contribution in [-0.2, 0) is 0 Å². The van der Waals surface area contributed by atoms with Crippen molar-refractivity contribution in [3.05, 3.63) is 47.5 Å². The number of methoxy groups -OCH3 is 2. The van der Waals surface area contributed by atoms with E-state index in [4.69, 9.17) is 26.4 Å². The van der Waals surface area contributed by atoms with Crippen molar-refractivity contribution in [2.24, 2.45) is 0 Å². The molecule has 0 bridgehead atoms. The molecule has 2 aromatic rings. The first kappa shape index (κ1) is 19.3. The largest absolute Gasteiger partial charge is 0.493 e. The Morgan fingerprint density at radius 3 is 2.56 bits per heavy atom. The fourth-order valence-electron chi connectivity index (χ4n) is 3.33. The second-order valence-corrected chi connectivity index (χ2v) is 7.74. The number of ether oxygens (including phenoxy) is 3. The second-order valence-electron chi connectivity index (χ2n) is 7.33. The van der Waals surface area contributed by atoms with Gasteiger partial charge < -0.3 is 24.8 Å². The van der Waals surface area contributed by atoms with Crippen LogP contribution < -0.4 is 24.8 Å². The lowest BCUT2D eigenvalue weighted by atomic mass is 9.89. The van der Waals surface area contributed by atoms with Gasteiger partial charge in [0.2, 0.25) is 0 Å². The Balaban J connectivity index is 1.76. The number of anilines is 1. The maximum atomic E-state index is 6.15. The van der Waals surface area contributed by atoms with Crippen LogP contribution in [0, 0.1) is 6.92 Å². The number of thiocarbonyl (C=S) groups is 1. The van der Waals surface area contributed by atoms with Crippen molar-refractivity contribution < 1.29 is 14.2 Å². The maximum Gasteiger partial charge on any atom is 0.171 e. The van der Waals surface area contributed by atoms with Crippen LogP contribution in [0.25, 0.3) is 0 Å². The average molecular weight is 387 g/mol. The molecule has 144 valence electrons. The lowest BCUT2D eigenvalue weighted by molar-refractivity contribution is 0.0696. The van der Waals surface area contributed by atoms with E-state index in [0.717, 1.165) is 23.4 Å². The lowest BCUT2D eigenvalue weighted by Gasteiger charge is -2.38. The number of hydrogen-bond acceptors (Lipinski definition) is 4. The molecule has 0 aromatic heterocycles. The van der Waals surface area contributed by atoms with Crippen LogP contribution in [0.4, 0.5) is 5.69 Å². The molecular formula is C21H26N2O3S. The number of rotatable bonds is 4. The highest BCUT2D eigenvalue weighted by Crippen LogP contribution is 2.40. The first-order chi connectivity index (χ1) is 12.8. The predicted molar refractivity (Wildman–Crippen MR) is 112 cm³/mol. The molecule has 0 radical (unpaired) electrons. The van der Waals surface area contributed by atoms with Crippen molar-refractivity contribution in [2.75, 3.05) is 19.5 Å². The summed E-state index contributed by atoms with van der Waals surface area (Å²) in [5, 5.41) is 7.21. The molecule has 0 aliphatic carbocycles. The van der Waals surface area contributed by atoms with Gasteiger partial charge in [-0.1, -0.05) is 12.1 Å². The van der Waals surface area contributed by atoms with Gasteiger partial charge >= 0.3 is 0 Å². The van der Waals surface area contributed by atoms with Crippen LogP contribution >= 0.6 is 12.2 Å². The molecular weight excluding hydrogens is 360 g/mol. The third-order valence-electron chi connectivity index (χ3n) is 4.57. The van der Waals surface area contributed by atoms with Crippen LogP contribution in [0.15, 0.2) is 36.4 Å². The van der Waals surface area contributed by atoms with Gasteiger partial charge in [-0.2, -0.15) is 0 Å². The summed E-state index contributed by atoms with van der Waals surface area (Å²) in [5.41, 5.74) is 2.87. The van der Waals surface area contributed by atoms with Gasteiger partial charge in [-0.15, -0.1) is 0 Å². The fourth-order valence-corrected chi connectivity index (χ4v) is 3.59. The smallest absolute Gasteiger partial charge is 0.171 e. The third-order valence-corrected chi connectivity index (χ3v) is 4.79. The van der Waals surface area contributed by atoms with Gasteiger partial charge in [0.05, 0.1) is 20.3 Å². The molecule has 1 atom stereocenters. The van der Waals surface area contributed by atoms with Gasteiger partial charge in [0.25, 0.3) is 0 Å². The highest BCUT2D eigenvalue weighted by Gasteiger charge is 2.34. The minimum atomic E-state index is -0.266. The summed E-state index contributed by atoms with van der Waals surface area (Å²) < 4.78 is 16.8. The molecule has 0 amide bonds. The van der Waals surface area contributed by atoms with E-state index in [2.05, 4.69) is 49.6 Å². The number of benzene rings is 2. The monoisotopic (exact) mass is 386 g/mol. The first-order valence-corrected chi connectivity index (χ1v) is 9.31. The highest BCUT2D eigenvalue weighted by molar-refractivity contribution is 7.80. The standard InChI is InChI=1S/C21H26N2O3S/c1-13-6-8-15-16(12-21(2,3)26-18(15)10-13)23-20(27)22-14-7-9-17(24-4)19(11-14)25-5/h6-11,16H,12H2,1-5H3,(H2,22,23,27). The van der Waals surface area contributed by atoms with E-state index in [1.54, 1.807) is 14.2 Å². The fraction of sp³-hybridized carbons (Fsp3) is 0.381. The SMILES string of the molecule is COc1ccc(NC(=S)NC2CC(C)(C)Oc3cc(C)ccc32)cc1OC. The Labute approximate surface area is 166 Å². The van der Waals surface area contributed by atoms with Crippen molar-refractivity contribution in [3.8, 4) is 17.2 Å². The maximum absolute atomic E-state index is 6.15. The van der Waals surface area contributed by atoms with Crippen LogP contribution in [0.3, 0.4) is 0 Å². The number of fused-ring (bicyclic) bond motifs is 1. The van der Waals surface area contributed by atoms with Crippen molar-refractivity contribution in [2.45, 2.75) is 38.8 Å². The molecule has 2 aromatic carbocycles. The molecule has 1 heterocycles. The van der Waals surface area contributed by atoms with E-state index in [-0.39, 0.29) is 11.6 Å². The van der Waals surface area contributed by atoms with Crippen molar-refractivity contribution in [3.63, 3.8) is 0 Å². The molecule has 0 fully saturated rings. The van der Waals surface area contributed by atoms with Crippen LogP contribution in [0.5, 0.6) is 17.2 Å². The van der Waals surface area contributed by atoms with Crippen molar-refractivity contribution in [1.82, 2.24) is 5.32 Å². The normalized spacial score (nSPS) is 17.3. The summed E-state index contributed by atoms with van der Waals surface area (Å²) in [4.78, 5) is 0. The van der Waals surface area contributed by atoms with E-state index in [1.807, 2.05) is 18.2 Å². The molecule has 2 N–H and O–H groups in total. The molecule has 0 saturated heterocycles. The van der Waals surface area contributed by atoms with Gasteiger partial charge in [0, 0.05) is 23.7 Å². The number of aryl methyl sites for hydroxylation is 1. The van der Waals surface area contributed by atoms with Gasteiger partial charge in [-0.3, -0.25) is 0 Å². The summed E-state index contributed by atoms with van der Waals surface area (Å²) in [5.74, 6) is 2.24. The van der Waals surface area contributed by atoms with E-state index in [9.17, 15) is 0 Å². The van der Waals surface area contributed by atoms with E-state index in [0.29, 0.717) is 16.6 Å². The Kier molecular flexibility index (Phi) is 5.46. The lowest BCUT2D eigenvalue weighted by Crippen LogP contribution is -2.42. The van der Waals surface area contributed by atoms with Gasteiger partial charge in [-0.25, -0.2) is 0 Å². The van der Waals surface area contributed by atoms with Gasteiger partial charge in [-0.05, 0) is 56.8 Å². The summed E-state index contributed by atoms with van der Waals surface area (Å²) in [7, 11) is 3.23.